The third-order valence-corrected chi connectivity index (χ3v) is 5.54. The number of hydrogen-bond acceptors (Lipinski definition) is 4. The fourth-order valence-corrected chi connectivity index (χ4v) is 4.27. The number of hydrazine groups is 1. The van der Waals surface area contributed by atoms with Crippen LogP contribution >= 0.6 is 0 Å². The number of fused-ring (bicyclic) bond motifs is 1. The zero-order chi connectivity index (χ0) is 19.6. The summed E-state index contributed by atoms with van der Waals surface area (Å²) >= 11 is 0. The number of carbonyl (C=O) groups is 2. The van der Waals surface area contributed by atoms with E-state index >= 15 is 0 Å². The molecule has 0 spiro atoms. The smallest absolute Gasteiger partial charge is 0.240 e. The first-order chi connectivity index (χ1) is 12.9. The van der Waals surface area contributed by atoms with Crippen LogP contribution in [0, 0.1) is 5.92 Å². The Balaban J connectivity index is 1.76. The Morgan fingerprint density at radius 3 is 2.52 bits per heavy atom. The summed E-state index contributed by atoms with van der Waals surface area (Å²) < 4.78 is 1.89. The van der Waals surface area contributed by atoms with Crippen molar-refractivity contribution in [3.63, 3.8) is 0 Å². The molecular formula is C21H30N4O2. The Bertz CT molecular complexity index is 819. The molecule has 3 unspecified atom stereocenters. The summed E-state index contributed by atoms with van der Waals surface area (Å²) in [6, 6.07) is 8.42. The SMILES string of the molecule is CCCC(=O)c1cn(CC(=O)NC(C)C2C(C)NNC2C)c2ccccc12. The maximum atomic E-state index is 12.7. The van der Waals surface area contributed by atoms with E-state index in [2.05, 4.69) is 30.0 Å². The van der Waals surface area contributed by atoms with E-state index in [-0.39, 0.29) is 24.3 Å². The molecule has 0 bridgehead atoms. The monoisotopic (exact) mass is 370 g/mol. The van der Waals surface area contributed by atoms with E-state index in [1.54, 1.807) is 0 Å². The molecule has 1 aliphatic heterocycles. The maximum Gasteiger partial charge on any atom is 0.240 e. The van der Waals surface area contributed by atoms with Gasteiger partial charge in [-0.25, -0.2) is 0 Å². The zero-order valence-electron chi connectivity index (χ0n) is 16.6. The molecule has 2 heterocycles. The Labute approximate surface area is 160 Å². The summed E-state index contributed by atoms with van der Waals surface area (Å²) in [6.07, 6.45) is 3.17. The summed E-state index contributed by atoms with van der Waals surface area (Å²) in [6.45, 7) is 8.50. The minimum atomic E-state index is -0.0379. The summed E-state index contributed by atoms with van der Waals surface area (Å²) in [5.74, 6) is 0.410. The lowest BCUT2D eigenvalue weighted by molar-refractivity contribution is -0.122. The number of rotatable bonds is 7. The fourth-order valence-electron chi connectivity index (χ4n) is 4.27. The first-order valence-corrected chi connectivity index (χ1v) is 9.83. The molecule has 6 nitrogen and oxygen atoms in total. The van der Waals surface area contributed by atoms with E-state index in [0.717, 1.165) is 17.3 Å². The highest BCUT2D eigenvalue weighted by Gasteiger charge is 2.34. The van der Waals surface area contributed by atoms with Gasteiger partial charge in [-0.2, -0.15) is 0 Å². The van der Waals surface area contributed by atoms with Gasteiger partial charge in [-0.05, 0) is 33.3 Å². The first kappa shape index (κ1) is 19.6. The standard InChI is InChI=1S/C21H30N4O2/c1-5-8-19(26)17-11-25(18-10-7-6-9-16(17)18)12-20(27)22-13(2)21-14(3)23-24-15(21)4/h6-7,9-11,13-15,21,23-24H,5,8,12H2,1-4H3,(H,22,27). The van der Waals surface area contributed by atoms with Crippen LogP contribution in [0.5, 0.6) is 0 Å². The summed E-state index contributed by atoms with van der Waals surface area (Å²) in [5, 5.41) is 4.05. The second-order valence-electron chi connectivity index (χ2n) is 7.66. The quantitative estimate of drug-likeness (QED) is 0.655. The van der Waals surface area contributed by atoms with Crippen molar-refractivity contribution in [1.29, 1.82) is 0 Å². The van der Waals surface area contributed by atoms with Gasteiger partial charge in [-0.3, -0.25) is 20.4 Å². The normalized spacial score (nSPS) is 23.5. The largest absolute Gasteiger partial charge is 0.352 e. The minimum Gasteiger partial charge on any atom is -0.352 e. The number of nitrogens with zero attached hydrogens (tertiary/aromatic N) is 1. The van der Waals surface area contributed by atoms with Crippen molar-refractivity contribution in [2.24, 2.45) is 5.92 Å². The number of para-hydroxylation sites is 1. The van der Waals surface area contributed by atoms with Crippen molar-refractivity contribution in [3.8, 4) is 0 Å². The van der Waals surface area contributed by atoms with Crippen molar-refractivity contribution < 1.29 is 9.59 Å². The van der Waals surface area contributed by atoms with Gasteiger partial charge in [-0.1, -0.05) is 25.1 Å². The number of aromatic nitrogens is 1. The molecular weight excluding hydrogens is 340 g/mol. The summed E-state index contributed by atoms with van der Waals surface area (Å²) in [5.41, 5.74) is 8.09. The molecule has 0 radical (unpaired) electrons. The Kier molecular flexibility index (Phi) is 5.97. The highest BCUT2D eigenvalue weighted by atomic mass is 16.2. The van der Waals surface area contributed by atoms with Crippen LogP contribution in [0.1, 0.15) is 50.9 Å². The third kappa shape index (κ3) is 4.06. The van der Waals surface area contributed by atoms with E-state index in [1.807, 2.05) is 48.9 Å². The minimum absolute atomic E-state index is 0.0379. The van der Waals surface area contributed by atoms with Gasteiger partial charge in [0.1, 0.15) is 6.54 Å². The van der Waals surface area contributed by atoms with Gasteiger partial charge < -0.3 is 9.88 Å². The Morgan fingerprint density at radius 2 is 1.85 bits per heavy atom. The fraction of sp³-hybridized carbons (Fsp3) is 0.524. The van der Waals surface area contributed by atoms with E-state index in [9.17, 15) is 9.59 Å². The average Bonchev–Trinajstić information content (AvgIpc) is 3.15. The van der Waals surface area contributed by atoms with Gasteiger partial charge in [0, 0.05) is 53.1 Å². The molecule has 1 fully saturated rings. The maximum absolute atomic E-state index is 12.7. The number of ketones is 1. The van der Waals surface area contributed by atoms with Crippen LogP contribution in [0.15, 0.2) is 30.5 Å². The van der Waals surface area contributed by atoms with Gasteiger partial charge >= 0.3 is 0 Å². The Morgan fingerprint density at radius 1 is 1.19 bits per heavy atom. The second kappa shape index (κ2) is 8.23. The number of amides is 1. The van der Waals surface area contributed by atoms with E-state index in [1.165, 1.54) is 0 Å². The van der Waals surface area contributed by atoms with Gasteiger partial charge in [0.15, 0.2) is 5.78 Å². The van der Waals surface area contributed by atoms with Crippen LogP contribution in [0.2, 0.25) is 0 Å². The number of hydrogen-bond donors (Lipinski definition) is 3. The molecule has 1 amide bonds. The molecule has 1 aromatic heterocycles. The lowest BCUT2D eigenvalue weighted by atomic mass is 9.89. The molecule has 27 heavy (non-hydrogen) atoms. The van der Waals surface area contributed by atoms with Gasteiger partial charge in [-0.15, -0.1) is 0 Å². The van der Waals surface area contributed by atoms with E-state index in [4.69, 9.17) is 0 Å². The molecule has 1 saturated heterocycles. The van der Waals surface area contributed by atoms with Crippen LogP contribution in [-0.4, -0.2) is 34.4 Å². The van der Waals surface area contributed by atoms with Crippen molar-refractivity contribution in [2.75, 3.05) is 0 Å². The number of Topliss-reactive ketones (excluding diaryl/α,β-unsaturated/α-hetero) is 1. The predicted molar refractivity (Wildman–Crippen MR) is 107 cm³/mol. The average molecular weight is 370 g/mol. The molecule has 2 aromatic rings. The zero-order valence-corrected chi connectivity index (χ0v) is 16.6. The van der Waals surface area contributed by atoms with Crippen molar-refractivity contribution in [2.45, 2.75) is 65.2 Å². The Hall–Kier alpha value is -2.18. The lowest BCUT2D eigenvalue weighted by Crippen LogP contribution is -2.45. The van der Waals surface area contributed by atoms with Crippen molar-refractivity contribution in [3.05, 3.63) is 36.0 Å². The van der Waals surface area contributed by atoms with E-state index < -0.39 is 0 Å². The molecule has 3 rings (SSSR count). The van der Waals surface area contributed by atoms with Crippen LogP contribution in [0.4, 0.5) is 0 Å². The van der Waals surface area contributed by atoms with Crippen LogP contribution in [0.25, 0.3) is 10.9 Å². The molecule has 0 aliphatic carbocycles. The molecule has 1 aromatic carbocycles. The van der Waals surface area contributed by atoms with Gasteiger partial charge in [0.05, 0.1) is 0 Å². The van der Waals surface area contributed by atoms with Crippen molar-refractivity contribution >= 4 is 22.6 Å². The number of nitrogens with one attached hydrogen (secondary N) is 3. The highest BCUT2D eigenvalue weighted by Crippen LogP contribution is 2.23. The van der Waals surface area contributed by atoms with Crippen LogP contribution in [0.3, 0.4) is 0 Å². The number of carbonyl (C=O) groups excluding carboxylic acids is 2. The topological polar surface area (TPSA) is 75.2 Å². The van der Waals surface area contributed by atoms with Gasteiger partial charge in [0.25, 0.3) is 0 Å². The molecule has 3 N–H and O–H groups in total. The molecule has 146 valence electrons. The van der Waals surface area contributed by atoms with Crippen molar-refractivity contribution in [1.82, 2.24) is 20.7 Å². The third-order valence-electron chi connectivity index (χ3n) is 5.54. The van der Waals surface area contributed by atoms with E-state index in [0.29, 0.717) is 30.0 Å². The number of benzene rings is 1. The molecule has 1 aliphatic rings. The van der Waals surface area contributed by atoms with Crippen LogP contribution < -0.4 is 16.2 Å². The molecule has 0 saturated carbocycles. The van der Waals surface area contributed by atoms with Gasteiger partial charge in [0.2, 0.25) is 5.91 Å². The van der Waals surface area contributed by atoms with Crippen LogP contribution in [-0.2, 0) is 11.3 Å². The highest BCUT2D eigenvalue weighted by molar-refractivity contribution is 6.08. The lowest BCUT2D eigenvalue weighted by Gasteiger charge is -2.26. The summed E-state index contributed by atoms with van der Waals surface area (Å²) in [7, 11) is 0. The second-order valence-corrected chi connectivity index (χ2v) is 7.66. The first-order valence-electron chi connectivity index (χ1n) is 9.83. The molecule has 6 heteroatoms. The molecule has 3 atom stereocenters. The summed E-state index contributed by atoms with van der Waals surface area (Å²) in [4.78, 5) is 25.1. The predicted octanol–water partition coefficient (Wildman–Crippen LogP) is 2.63.